The smallest absolute Gasteiger partial charge is 0.240 e. The average molecular weight is 375 g/mol. The molecule has 0 bridgehead atoms. The second-order valence-electron chi connectivity index (χ2n) is 6.73. The second-order valence-corrected chi connectivity index (χ2v) is 8.44. The Morgan fingerprint density at radius 1 is 1.00 bits per heavy atom. The summed E-state index contributed by atoms with van der Waals surface area (Å²) in [6.07, 6.45) is 0. The first-order chi connectivity index (χ1) is 12.5. The van der Waals surface area contributed by atoms with Crippen molar-refractivity contribution in [1.82, 2.24) is 9.62 Å². The second kappa shape index (κ2) is 8.31. The van der Waals surface area contributed by atoms with Crippen LogP contribution < -0.4 is 4.72 Å². The molecule has 5 nitrogen and oxygen atoms in total. The van der Waals surface area contributed by atoms with Crippen LogP contribution in [0.25, 0.3) is 0 Å². The van der Waals surface area contributed by atoms with Gasteiger partial charge in [-0.2, -0.15) is 0 Å². The third kappa shape index (κ3) is 4.51. The molecule has 1 fully saturated rings. The number of nitrogens with one attached hydrogen (secondary N) is 1. The maximum Gasteiger partial charge on any atom is 0.240 e. The normalized spacial score (nSPS) is 18.4. The highest BCUT2D eigenvalue weighted by Gasteiger charge is 2.30. The summed E-state index contributed by atoms with van der Waals surface area (Å²) < 4.78 is 34.0. The molecule has 0 unspecified atom stereocenters. The van der Waals surface area contributed by atoms with Gasteiger partial charge in [0.15, 0.2) is 0 Å². The van der Waals surface area contributed by atoms with Crippen LogP contribution in [0.4, 0.5) is 0 Å². The molecule has 0 radical (unpaired) electrons. The van der Waals surface area contributed by atoms with Gasteiger partial charge in [0.25, 0.3) is 0 Å². The molecule has 1 aliphatic heterocycles. The number of nitrogens with zero attached hydrogens (tertiary/aromatic N) is 1. The largest absolute Gasteiger partial charge is 0.379 e. The summed E-state index contributed by atoms with van der Waals surface area (Å²) in [6.45, 7) is 6.78. The SMILES string of the molecule is Cc1ccc(S(=O)(=O)N[C@@H](C)[C@@H](c2ccccc2)N2CCOCC2)cc1. The minimum atomic E-state index is -3.58. The number of aryl methyl sites for hydroxylation is 1. The van der Waals surface area contributed by atoms with E-state index in [0.717, 1.165) is 24.2 Å². The van der Waals surface area contributed by atoms with Crippen LogP contribution in [0.5, 0.6) is 0 Å². The van der Waals surface area contributed by atoms with Crippen LogP contribution in [0, 0.1) is 6.92 Å². The fourth-order valence-electron chi connectivity index (χ4n) is 3.42. The van der Waals surface area contributed by atoms with Crippen molar-refractivity contribution in [2.75, 3.05) is 26.3 Å². The topological polar surface area (TPSA) is 58.6 Å². The number of sulfonamides is 1. The fraction of sp³-hybridized carbons (Fsp3) is 0.400. The number of morpholine rings is 1. The third-order valence-electron chi connectivity index (χ3n) is 4.73. The van der Waals surface area contributed by atoms with E-state index >= 15 is 0 Å². The Labute approximate surface area is 156 Å². The van der Waals surface area contributed by atoms with Gasteiger partial charge in [0.05, 0.1) is 24.2 Å². The van der Waals surface area contributed by atoms with Gasteiger partial charge in [0.2, 0.25) is 10.0 Å². The molecule has 0 aliphatic carbocycles. The lowest BCUT2D eigenvalue weighted by Crippen LogP contribution is -2.48. The van der Waals surface area contributed by atoms with E-state index < -0.39 is 10.0 Å². The summed E-state index contributed by atoms with van der Waals surface area (Å²) >= 11 is 0. The van der Waals surface area contributed by atoms with Crippen LogP contribution in [0.1, 0.15) is 24.1 Å². The molecule has 3 rings (SSSR count). The highest BCUT2D eigenvalue weighted by molar-refractivity contribution is 7.89. The molecule has 0 amide bonds. The van der Waals surface area contributed by atoms with Crippen molar-refractivity contribution in [2.24, 2.45) is 0 Å². The maximum absolute atomic E-state index is 12.8. The van der Waals surface area contributed by atoms with Crippen molar-refractivity contribution in [2.45, 2.75) is 30.8 Å². The average Bonchev–Trinajstić information content (AvgIpc) is 2.63. The first-order valence-corrected chi connectivity index (χ1v) is 10.4. The van der Waals surface area contributed by atoms with Crippen molar-refractivity contribution >= 4 is 10.0 Å². The van der Waals surface area contributed by atoms with Crippen LogP contribution in [-0.2, 0) is 14.8 Å². The predicted octanol–water partition coefficient (Wildman–Crippen LogP) is 2.74. The van der Waals surface area contributed by atoms with Gasteiger partial charge >= 0.3 is 0 Å². The molecular weight excluding hydrogens is 348 g/mol. The Morgan fingerprint density at radius 2 is 1.62 bits per heavy atom. The van der Waals surface area contributed by atoms with Crippen molar-refractivity contribution in [3.05, 3.63) is 65.7 Å². The summed E-state index contributed by atoms with van der Waals surface area (Å²) in [6, 6.07) is 16.7. The van der Waals surface area contributed by atoms with Gasteiger partial charge in [0.1, 0.15) is 0 Å². The van der Waals surface area contributed by atoms with Gasteiger partial charge in [-0.15, -0.1) is 0 Å². The van der Waals surface area contributed by atoms with Gasteiger partial charge in [-0.3, -0.25) is 4.90 Å². The van der Waals surface area contributed by atoms with E-state index in [1.54, 1.807) is 12.1 Å². The van der Waals surface area contributed by atoms with Gasteiger partial charge in [-0.05, 0) is 31.5 Å². The van der Waals surface area contributed by atoms with Gasteiger partial charge in [-0.25, -0.2) is 13.1 Å². The molecule has 2 aromatic carbocycles. The third-order valence-corrected chi connectivity index (χ3v) is 6.30. The summed E-state index contributed by atoms with van der Waals surface area (Å²) in [5.41, 5.74) is 2.14. The van der Waals surface area contributed by atoms with Crippen LogP contribution in [0.3, 0.4) is 0 Å². The molecule has 1 N–H and O–H groups in total. The molecule has 6 heteroatoms. The van der Waals surface area contributed by atoms with Crippen molar-refractivity contribution in [3.63, 3.8) is 0 Å². The van der Waals surface area contributed by atoms with E-state index in [4.69, 9.17) is 4.74 Å². The minimum Gasteiger partial charge on any atom is -0.379 e. The van der Waals surface area contributed by atoms with Crippen molar-refractivity contribution < 1.29 is 13.2 Å². The molecule has 140 valence electrons. The number of rotatable bonds is 6. The highest BCUT2D eigenvalue weighted by Crippen LogP contribution is 2.26. The van der Waals surface area contributed by atoms with Crippen LogP contribution in [-0.4, -0.2) is 45.7 Å². The van der Waals surface area contributed by atoms with Crippen LogP contribution in [0.15, 0.2) is 59.5 Å². The zero-order valence-corrected chi connectivity index (χ0v) is 16.1. The number of hydrogen-bond acceptors (Lipinski definition) is 4. The summed E-state index contributed by atoms with van der Waals surface area (Å²) in [5, 5.41) is 0. The fourth-order valence-corrected chi connectivity index (χ4v) is 4.67. The lowest BCUT2D eigenvalue weighted by molar-refractivity contribution is 0.0105. The zero-order chi connectivity index (χ0) is 18.6. The molecule has 0 saturated carbocycles. The molecule has 0 aromatic heterocycles. The van der Waals surface area contributed by atoms with Gasteiger partial charge in [0, 0.05) is 19.1 Å². The molecule has 1 heterocycles. The molecule has 2 aromatic rings. The Bertz CT molecular complexity index is 801. The van der Waals surface area contributed by atoms with Crippen LogP contribution in [0.2, 0.25) is 0 Å². The summed E-state index contributed by atoms with van der Waals surface area (Å²) in [5.74, 6) is 0. The summed E-state index contributed by atoms with van der Waals surface area (Å²) in [7, 11) is -3.58. The quantitative estimate of drug-likeness (QED) is 0.845. The van der Waals surface area contributed by atoms with Crippen molar-refractivity contribution in [3.8, 4) is 0 Å². The molecule has 2 atom stereocenters. The van der Waals surface area contributed by atoms with E-state index in [9.17, 15) is 8.42 Å². The van der Waals surface area contributed by atoms with Crippen LogP contribution >= 0.6 is 0 Å². The van der Waals surface area contributed by atoms with E-state index in [2.05, 4.69) is 21.8 Å². The maximum atomic E-state index is 12.8. The number of ether oxygens (including phenoxy) is 1. The van der Waals surface area contributed by atoms with Gasteiger partial charge in [-0.1, -0.05) is 48.0 Å². The molecular formula is C20H26N2O3S. The number of hydrogen-bond donors (Lipinski definition) is 1. The van der Waals surface area contributed by atoms with E-state index in [0.29, 0.717) is 18.1 Å². The Balaban J connectivity index is 1.85. The molecule has 0 spiro atoms. The number of benzene rings is 2. The molecule has 1 saturated heterocycles. The Hall–Kier alpha value is -1.73. The Kier molecular flexibility index (Phi) is 6.09. The lowest BCUT2D eigenvalue weighted by Gasteiger charge is -2.38. The minimum absolute atomic E-state index is 0.0414. The Morgan fingerprint density at radius 3 is 2.23 bits per heavy atom. The predicted molar refractivity (Wildman–Crippen MR) is 103 cm³/mol. The molecule has 1 aliphatic rings. The molecule has 26 heavy (non-hydrogen) atoms. The highest BCUT2D eigenvalue weighted by atomic mass is 32.2. The zero-order valence-electron chi connectivity index (χ0n) is 15.3. The van der Waals surface area contributed by atoms with Gasteiger partial charge < -0.3 is 4.74 Å². The monoisotopic (exact) mass is 374 g/mol. The first kappa shape index (κ1) is 19.0. The first-order valence-electron chi connectivity index (χ1n) is 8.93. The lowest BCUT2D eigenvalue weighted by atomic mass is 9.99. The standard InChI is InChI=1S/C20H26N2O3S/c1-16-8-10-19(11-9-16)26(23,24)21-17(2)20(18-6-4-3-5-7-18)22-12-14-25-15-13-22/h3-11,17,20-21H,12-15H2,1-2H3/t17-,20-/m0/s1. The van der Waals surface area contributed by atoms with Crippen molar-refractivity contribution in [1.29, 1.82) is 0 Å². The van der Waals surface area contributed by atoms with E-state index in [1.165, 1.54) is 0 Å². The summed E-state index contributed by atoms with van der Waals surface area (Å²) in [4.78, 5) is 2.59. The van der Waals surface area contributed by atoms with E-state index in [-0.39, 0.29) is 12.1 Å². The van der Waals surface area contributed by atoms with E-state index in [1.807, 2.05) is 44.2 Å².